The highest BCUT2D eigenvalue weighted by molar-refractivity contribution is 6.08. The van der Waals surface area contributed by atoms with Crippen LogP contribution in [0.2, 0.25) is 0 Å². The Balaban J connectivity index is 2.17. The number of hydrogen-bond donors (Lipinski definition) is 2. The number of Topliss-reactive ketones (excluding diaryl/α,β-unsaturated/α-hetero) is 1. The predicted molar refractivity (Wildman–Crippen MR) is 87.3 cm³/mol. The van der Waals surface area contributed by atoms with Crippen LogP contribution in [0.5, 0.6) is 0 Å². The van der Waals surface area contributed by atoms with Crippen LogP contribution in [0, 0.1) is 5.92 Å². The number of rotatable bonds is 8. The molecule has 3 N–H and O–H groups in total. The third kappa shape index (κ3) is 4.22. The maximum absolute atomic E-state index is 12.4. The first-order valence-electron chi connectivity index (χ1n) is 7.42. The Morgan fingerprint density at radius 3 is 2.50 bits per heavy atom. The smallest absolute Gasteiger partial charge is 0.314 e. The molecule has 0 aliphatic heterocycles. The van der Waals surface area contributed by atoms with Crippen molar-refractivity contribution in [2.24, 2.45) is 5.92 Å². The van der Waals surface area contributed by atoms with E-state index in [1.54, 1.807) is 30.3 Å². The van der Waals surface area contributed by atoms with Crippen molar-refractivity contribution in [3.63, 3.8) is 0 Å². The molecule has 2 rings (SSSR count). The molecule has 1 atom stereocenters. The summed E-state index contributed by atoms with van der Waals surface area (Å²) < 4.78 is 0. The molecule has 7 nitrogen and oxygen atoms in total. The lowest BCUT2D eigenvalue weighted by Gasteiger charge is -2.11. The molecule has 0 amide bonds. The monoisotopic (exact) mass is 327 g/mol. The number of hydrogen-bond acceptors (Lipinski definition) is 6. The lowest BCUT2D eigenvalue weighted by molar-refractivity contribution is -0.140. The molecule has 1 aromatic carbocycles. The van der Waals surface area contributed by atoms with Crippen molar-refractivity contribution in [1.29, 1.82) is 0 Å². The molecule has 1 unspecified atom stereocenters. The Bertz CT molecular complexity index is 744. The normalized spacial score (nSPS) is 11.7. The molecule has 124 valence electrons. The van der Waals surface area contributed by atoms with E-state index < -0.39 is 17.7 Å². The van der Waals surface area contributed by atoms with E-state index in [1.165, 1.54) is 6.20 Å². The summed E-state index contributed by atoms with van der Waals surface area (Å²) in [5.74, 6) is -2.65. The molecule has 0 spiro atoms. The summed E-state index contributed by atoms with van der Waals surface area (Å²) in [5.41, 5.74) is 7.20. The number of carboxylic acid groups (broad SMARTS) is 1. The van der Waals surface area contributed by atoms with Gasteiger partial charge in [-0.15, -0.1) is 0 Å². The number of carbonyl (C=O) groups is 3. The van der Waals surface area contributed by atoms with Crippen molar-refractivity contribution in [3.05, 3.63) is 42.1 Å². The van der Waals surface area contributed by atoms with Crippen LogP contribution in [0.1, 0.15) is 29.6 Å². The SMILES string of the molecule is Nc1nccc(-c2ccc(C(=O)C(CCCC=O)C(=O)O)cc2)n1. The Hall–Kier alpha value is -3.09. The second-order valence-electron chi connectivity index (χ2n) is 5.23. The summed E-state index contributed by atoms with van der Waals surface area (Å²) in [6.07, 6.45) is 2.99. The van der Waals surface area contributed by atoms with Crippen LogP contribution in [0.25, 0.3) is 11.3 Å². The number of nitrogens with two attached hydrogens (primary N) is 1. The van der Waals surface area contributed by atoms with Crippen molar-refractivity contribution < 1.29 is 19.5 Å². The molecule has 0 saturated carbocycles. The van der Waals surface area contributed by atoms with Gasteiger partial charge in [-0.1, -0.05) is 24.3 Å². The average Bonchev–Trinajstić information content (AvgIpc) is 2.58. The molecule has 24 heavy (non-hydrogen) atoms. The summed E-state index contributed by atoms with van der Waals surface area (Å²) >= 11 is 0. The molecule has 0 radical (unpaired) electrons. The molecule has 0 aliphatic carbocycles. The molecule has 1 aromatic heterocycles. The fourth-order valence-corrected chi connectivity index (χ4v) is 2.31. The number of aldehydes is 1. The van der Waals surface area contributed by atoms with Crippen molar-refractivity contribution in [2.45, 2.75) is 19.3 Å². The fourth-order valence-electron chi connectivity index (χ4n) is 2.31. The standard InChI is InChI=1S/C17H17N3O4/c18-17-19-9-8-14(20-17)11-4-6-12(7-5-11)15(22)13(16(23)24)3-1-2-10-21/h4-10,13H,1-3H2,(H,23,24)(H2,18,19,20). The predicted octanol–water partition coefficient (Wildman–Crippen LogP) is 1.98. The van der Waals surface area contributed by atoms with Gasteiger partial charge in [0.25, 0.3) is 0 Å². The third-order valence-corrected chi connectivity index (χ3v) is 3.57. The number of aromatic nitrogens is 2. The number of benzene rings is 1. The zero-order valence-corrected chi connectivity index (χ0v) is 12.9. The Morgan fingerprint density at radius 1 is 1.21 bits per heavy atom. The minimum Gasteiger partial charge on any atom is -0.481 e. The quantitative estimate of drug-likeness (QED) is 0.329. The Kier molecular flexibility index (Phi) is 5.73. The summed E-state index contributed by atoms with van der Waals surface area (Å²) in [4.78, 5) is 41.9. The van der Waals surface area contributed by atoms with Gasteiger partial charge in [-0.25, -0.2) is 9.97 Å². The highest BCUT2D eigenvalue weighted by Crippen LogP contribution is 2.21. The molecular weight excluding hydrogens is 310 g/mol. The van der Waals surface area contributed by atoms with E-state index in [0.29, 0.717) is 24.0 Å². The highest BCUT2D eigenvalue weighted by Gasteiger charge is 2.26. The second-order valence-corrected chi connectivity index (χ2v) is 5.23. The summed E-state index contributed by atoms with van der Waals surface area (Å²) in [7, 11) is 0. The molecule has 7 heteroatoms. The second kappa shape index (κ2) is 7.96. The van der Waals surface area contributed by atoms with Crippen molar-refractivity contribution in [2.75, 3.05) is 5.73 Å². The highest BCUT2D eigenvalue weighted by atomic mass is 16.4. The van der Waals surface area contributed by atoms with Crippen molar-refractivity contribution >= 4 is 24.0 Å². The Morgan fingerprint density at radius 2 is 1.92 bits per heavy atom. The molecule has 1 heterocycles. The molecule has 0 aliphatic rings. The van der Waals surface area contributed by atoms with E-state index in [2.05, 4.69) is 9.97 Å². The number of carboxylic acids is 1. The number of anilines is 1. The maximum atomic E-state index is 12.4. The summed E-state index contributed by atoms with van der Waals surface area (Å²) in [5, 5.41) is 9.23. The molecule has 0 saturated heterocycles. The van der Waals surface area contributed by atoms with Gasteiger partial charge in [-0.05, 0) is 18.9 Å². The first-order valence-corrected chi connectivity index (χ1v) is 7.42. The van der Waals surface area contributed by atoms with Crippen LogP contribution in [0.3, 0.4) is 0 Å². The van der Waals surface area contributed by atoms with Crippen LogP contribution >= 0.6 is 0 Å². The van der Waals surface area contributed by atoms with E-state index in [9.17, 15) is 19.5 Å². The van der Waals surface area contributed by atoms with Gasteiger partial charge in [0.05, 0.1) is 5.69 Å². The molecule has 0 fully saturated rings. The van der Waals surface area contributed by atoms with Crippen molar-refractivity contribution in [1.82, 2.24) is 9.97 Å². The largest absolute Gasteiger partial charge is 0.481 e. The fraction of sp³-hybridized carbons (Fsp3) is 0.235. The van der Waals surface area contributed by atoms with Gasteiger partial charge in [0, 0.05) is 23.7 Å². The van der Waals surface area contributed by atoms with E-state index in [4.69, 9.17) is 5.73 Å². The van der Waals surface area contributed by atoms with Gasteiger partial charge < -0.3 is 15.6 Å². The number of nitrogens with zero attached hydrogens (tertiary/aromatic N) is 2. The summed E-state index contributed by atoms with van der Waals surface area (Å²) in [6.45, 7) is 0. The van der Waals surface area contributed by atoms with Gasteiger partial charge in [-0.3, -0.25) is 9.59 Å². The van der Waals surface area contributed by atoms with Crippen LogP contribution in [0.4, 0.5) is 5.95 Å². The molecule has 0 bridgehead atoms. The van der Waals surface area contributed by atoms with E-state index in [-0.39, 0.29) is 18.8 Å². The number of aliphatic carboxylic acids is 1. The summed E-state index contributed by atoms with van der Waals surface area (Å²) in [6, 6.07) is 8.17. The minimum atomic E-state index is -1.18. The zero-order chi connectivity index (χ0) is 17.5. The first kappa shape index (κ1) is 17.3. The molecular formula is C17H17N3O4. The average molecular weight is 327 g/mol. The van der Waals surface area contributed by atoms with E-state index in [0.717, 1.165) is 5.56 Å². The number of ketones is 1. The van der Waals surface area contributed by atoms with E-state index >= 15 is 0 Å². The zero-order valence-electron chi connectivity index (χ0n) is 12.9. The van der Waals surface area contributed by atoms with Gasteiger partial charge in [0.15, 0.2) is 5.78 Å². The van der Waals surface area contributed by atoms with Crippen LogP contribution in [0.15, 0.2) is 36.5 Å². The van der Waals surface area contributed by atoms with Gasteiger partial charge >= 0.3 is 5.97 Å². The van der Waals surface area contributed by atoms with E-state index in [1.807, 2.05) is 0 Å². The number of unbranched alkanes of at least 4 members (excludes halogenated alkanes) is 1. The number of carbonyl (C=O) groups excluding carboxylic acids is 2. The van der Waals surface area contributed by atoms with Gasteiger partial charge in [-0.2, -0.15) is 0 Å². The van der Waals surface area contributed by atoms with Crippen LogP contribution in [-0.4, -0.2) is 33.1 Å². The first-order chi connectivity index (χ1) is 11.5. The molecule has 2 aromatic rings. The van der Waals surface area contributed by atoms with Gasteiger partial charge in [0.1, 0.15) is 12.2 Å². The lowest BCUT2D eigenvalue weighted by atomic mass is 9.92. The topological polar surface area (TPSA) is 123 Å². The van der Waals surface area contributed by atoms with Crippen molar-refractivity contribution in [3.8, 4) is 11.3 Å². The maximum Gasteiger partial charge on any atom is 0.314 e. The van der Waals surface area contributed by atoms with Gasteiger partial charge in [0.2, 0.25) is 5.95 Å². The Labute approximate surface area is 138 Å². The van der Waals surface area contributed by atoms with Crippen LogP contribution < -0.4 is 5.73 Å². The lowest BCUT2D eigenvalue weighted by Crippen LogP contribution is -2.24. The van der Waals surface area contributed by atoms with Crippen LogP contribution in [-0.2, 0) is 9.59 Å². The third-order valence-electron chi connectivity index (χ3n) is 3.57. The number of nitrogen functional groups attached to an aromatic ring is 1. The minimum absolute atomic E-state index is 0.136.